The number of benzene rings is 1. The first-order chi connectivity index (χ1) is 6.20. The zero-order valence-electron chi connectivity index (χ0n) is 6.28. The van der Waals surface area contributed by atoms with E-state index < -0.39 is 12.9 Å². The van der Waals surface area contributed by atoms with Gasteiger partial charge in [-0.3, -0.25) is 20.1 Å². The molecule has 0 radical (unpaired) electrons. The van der Waals surface area contributed by atoms with E-state index in [0.717, 1.165) is 6.07 Å². The van der Waals surface area contributed by atoms with Crippen molar-refractivity contribution in [3.63, 3.8) is 0 Å². The molecule has 0 aliphatic carbocycles. The average molecular weight is 206 g/mol. The lowest BCUT2D eigenvalue weighted by atomic mass is 9.79. The minimum atomic E-state index is -1.64. The highest BCUT2D eigenvalue weighted by Gasteiger charge is 2.28. The van der Waals surface area contributed by atoms with Gasteiger partial charge < -0.3 is 0 Å². The van der Waals surface area contributed by atoms with Crippen molar-refractivity contribution < 1.29 is 24.5 Å². The maximum absolute atomic E-state index is 13.0. The third-order valence-electron chi connectivity index (χ3n) is 1.43. The standard InChI is InChI=1S/C6H5BClFO4/c8-4-2-1-3-5(9)6(4)7(12-10)13-11/h1-3,10-11H. The van der Waals surface area contributed by atoms with E-state index in [2.05, 4.69) is 9.61 Å². The molecule has 1 aromatic rings. The smallest absolute Gasteiger partial charge is 0.264 e. The topological polar surface area (TPSA) is 58.9 Å². The summed E-state index contributed by atoms with van der Waals surface area (Å²) in [5.74, 6) is -0.749. The van der Waals surface area contributed by atoms with Gasteiger partial charge in [0.1, 0.15) is 5.82 Å². The largest absolute Gasteiger partial charge is 0.558 e. The molecule has 0 aliphatic rings. The van der Waals surface area contributed by atoms with Gasteiger partial charge in [0.25, 0.3) is 0 Å². The summed E-state index contributed by atoms with van der Waals surface area (Å²) in [6.07, 6.45) is 0. The Kier molecular flexibility index (Phi) is 3.64. The van der Waals surface area contributed by atoms with Gasteiger partial charge in [-0.05, 0) is 12.1 Å². The molecule has 0 saturated carbocycles. The number of hydrogen-bond acceptors (Lipinski definition) is 4. The van der Waals surface area contributed by atoms with E-state index in [0.29, 0.717) is 0 Å². The van der Waals surface area contributed by atoms with Gasteiger partial charge in [0.2, 0.25) is 0 Å². The molecule has 1 rings (SSSR count). The zero-order valence-corrected chi connectivity index (χ0v) is 7.03. The molecule has 0 unspecified atom stereocenters. The maximum Gasteiger partial charge on any atom is 0.558 e. The summed E-state index contributed by atoms with van der Waals surface area (Å²) in [7, 11) is -1.64. The fourth-order valence-electron chi connectivity index (χ4n) is 0.861. The number of halogens is 2. The molecule has 0 fully saturated rings. The fraction of sp³-hybridized carbons (Fsp3) is 0. The van der Waals surface area contributed by atoms with E-state index in [1.165, 1.54) is 12.1 Å². The Hall–Kier alpha value is -0.655. The van der Waals surface area contributed by atoms with Crippen LogP contribution in [0.15, 0.2) is 18.2 Å². The quantitative estimate of drug-likeness (QED) is 0.442. The van der Waals surface area contributed by atoms with Gasteiger partial charge in [-0.15, -0.1) is 0 Å². The lowest BCUT2D eigenvalue weighted by Gasteiger charge is -2.07. The van der Waals surface area contributed by atoms with Crippen LogP contribution in [0.4, 0.5) is 4.39 Å². The third-order valence-corrected chi connectivity index (χ3v) is 1.76. The molecular formula is C6H5BClFO4. The Morgan fingerprint density at radius 1 is 1.31 bits per heavy atom. The van der Waals surface area contributed by atoms with Crippen molar-refractivity contribution >= 4 is 24.2 Å². The maximum atomic E-state index is 13.0. The summed E-state index contributed by atoms with van der Waals surface area (Å²) >= 11 is 5.56. The van der Waals surface area contributed by atoms with Crippen LogP contribution < -0.4 is 5.46 Å². The summed E-state index contributed by atoms with van der Waals surface area (Å²) in [6, 6.07) is 3.82. The lowest BCUT2D eigenvalue weighted by molar-refractivity contribution is -0.221. The van der Waals surface area contributed by atoms with Crippen LogP contribution in [0.5, 0.6) is 0 Å². The van der Waals surface area contributed by atoms with Gasteiger partial charge in [-0.25, -0.2) is 4.39 Å². The van der Waals surface area contributed by atoms with E-state index in [1.54, 1.807) is 0 Å². The molecule has 0 aliphatic heterocycles. The highest BCUT2D eigenvalue weighted by molar-refractivity contribution is 6.64. The van der Waals surface area contributed by atoms with Gasteiger partial charge in [-0.1, -0.05) is 17.7 Å². The van der Waals surface area contributed by atoms with E-state index in [-0.39, 0.29) is 10.5 Å². The molecular weight excluding hydrogens is 201 g/mol. The molecule has 0 heterocycles. The van der Waals surface area contributed by atoms with Crippen LogP contribution >= 0.6 is 11.6 Å². The van der Waals surface area contributed by atoms with Crippen molar-refractivity contribution in [2.45, 2.75) is 0 Å². The Bertz CT molecular complexity index is 274. The first-order valence-electron chi connectivity index (χ1n) is 3.25. The second-order valence-corrected chi connectivity index (χ2v) is 2.59. The molecule has 0 saturated heterocycles. The van der Waals surface area contributed by atoms with Crippen LogP contribution in [0.25, 0.3) is 0 Å². The third kappa shape index (κ3) is 2.17. The molecule has 0 aromatic heterocycles. The Balaban J connectivity index is 3.10. The normalized spacial score (nSPS) is 10.2. The van der Waals surface area contributed by atoms with Gasteiger partial charge >= 0.3 is 7.12 Å². The highest BCUT2D eigenvalue weighted by atomic mass is 35.5. The molecule has 4 nitrogen and oxygen atoms in total. The number of hydrogen-bond donors (Lipinski definition) is 2. The average Bonchev–Trinajstić information content (AvgIpc) is 2.11. The van der Waals surface area contributed by atoms with Crippen LogP contribution in [0, 0.1) is 5.82 Å². The Morgan fingerprint density at radius 3 is 2.38 bits per heavy atom. The predicted molar refractivity (Wildman–Crippen MR) is 44.2 cm³/mol. The van der Waals surface area contributed by atoms with Crippen LogP contribution in [0.2, 0.25) is 5.02 Å². The molecule has 0 amide bonds. The van der Waals surface area contributed by atoms with Crippen molar-refractivity contribution in [3.05, 3.63) is 29.0 Å². The molecule has 0 spiro atoms. The second-order valence-electron chi connectivity index (χ2n) is 2.18. The van der Waals surface area contributed by atoms with Gasteiger partial charge in [-0.2, -0.15) is 0 Å². The first kappa shape index (κ1) is 10.4. The van der Waals surface area contributed by atoms with Gasteiger partial charge in [0.05, 0.1) is 0 Å². The van der Waals surface area contributed by atoms with Gasteiger partial charge in [0, 0.05) is 10.5 Å². The van der Waals surface area contributed by atoms with E-state index in [1.807, 2.05) is 0 Å². The molecule has 2 N–H and O–H groups in total. The van der Waals surface area contributed by atoms with Gasteiger partial charge in [0.15, 0.2) is 0 Å². The minimum absolute atomic E-state index is 0.0203. The van der Waals surface area contributed by atoms with Crippen LogP contribution in [0.1, 0.15) is 0 Å². The molecule has 0 atom stereocenters. The summed E-state index contributed by atoms with van der Waals surface area (Å²) in [6.45, 7) is 0. The molecule has 1 aromatic carbocycles. The predicted octanol–water partition coefficient (Wildman–Crippen LogP) is 1.15. The van der Waals surface area contributed by atoms with Crippen molar-refractivity contribution in [3.8, 4) is 0 Å². The molecule has 7 heteroatoms. The van der Waals surface area contributed by atoms with Crippen LogP contribution in [-0.4, -0.2) is 17.6 Å². The van der Waals surface area contributed by atoms with Crippen LogP contribution in [0.3, 0.4) is 0 Å². The minimum Gasteiger partial charge on any atom is -0.264 e. The van der Waals surface area contributed by atoms with E-state index >= 15 is 0 Å². The second kappa shape index (κ2) is 4.54. The summed E-state index contributed by atoms with van der Waals surface area (Å²) in [5, 5.41) is 16.4. The van der Waals surface area contributed by atoms with E-state index in [9.17, 15) is 4.39 Å². The summed E-state index contributed by atoms with van der Waals surface area (Å²) in [5.41, 5.74) is -0.269. The first-order valence-corrected chi connectivity index (χ1v) is 3.63. The Labute approximate surface area is 78.5 Å². The Morgan fingerprint density at radius 2 is 1.92 bits per heavy atom. The van der Waals surface area contributed by atoms with Crippen molar-refractivity contribution in [2.75, 3.05) is 0 Å². The van der Waals surface area contributed by atoms with E-state index in [4.69, 9.17) is 22.1 Å². The summed E-state index contributed by atoms with van der Waals surface area (Å²) < 4.78 is 13.0. The zero-order chi connectivity index (χ0) is 9.84. The monoisotopic (exact) mass is 206 g/mol. The fourth-order valence-corrected chi connectivity index (χ4v) is 1.11. The SMILES string of the molecule is OOB(OO)c1c(F)cccc1Cl. The highest BCUT2D eigenvalue weighted by Crippen LogP contribution is 2.09. The molecule has 0 bridgehead atoms. The molecule has 70 valence electrons. The lowest BCUT2D eigenvalue weighted by Crippen LogP contribution is -2.38. The summed E-state index contributed by atoms with van der Waals surface area (Å²) in [4.78, 5) is 7.30. The van der Waals surface area contributed by atoms with Crippen molar-refractivity contribution in [2.24, 2.45) is 0 Å². The number of rotatable bonds is 3. The van der Waals surface area contributed by atoms with Crippen molar-refractivity contribution in [1.29, 1.82) is 0 Å². The molecule has 13 heavy (non-hydrogen) atoms. The van der Waals surface area contributed by atoms with Crippen molar-refractivity contribution in [1.82, 2.24) is 0 Å². The van der Waals surface area contributed by atoms with Crippen LogP contribution in [-0.2, 0) is 9.61 Å².